The highest BCUT2D eigenvalue weighted by molar-refractivity contribution is 7.99. The maximum absolute atomic E-state index is 12.4. The number of hydrogen-bond acceptors (Lipinski definition) is 3. The van der Waals surface area contributed by atoms with Gasteiger partial charge >= 0.3 is 0 Å². The van der Waals surface area contributed by atoms with Gasteiger partial charge in [0.25, 0.3) is 5.76 Å². The molecular weight excluding hydrogens is 270 g/mol. The van der Waals surface area contributed by atoms with Crippen molar-refractivity contribution in [3.8, 4) is 12.3 Å². The lowest BCUT2D eigenvalue weighted by atomic mass is 10.2. The van der Waals surface area contributed by atoms with E-state index in [0.29, 0.717) is 22.3 Å². The number of amides is 1. The maximum atomic E-state index is 12.4. The van der Waals surface area contributed by atoms with Gasteiger partial charge < -0.3 is 10.6 Å². The molecule has 1 unspecified atom stereocenters. The van der Waals surface area contributed by atoms with Crippen LogP contribution in [0.2, 0.25) is 0 Å². The minimum absolute atomic E-state index is 0.137. The second kappa shape index (κ2) is 7.64. The van der Waals surface area contributed by atoms with Crippen LogP contribution >= 0.6 is 11.8 Å². The van der Waals surface area contributed by atoms with Crippen LogP contribution in [-0.2, 0) is 4.79 Å². The number of rotatable bonds is 6. The number of alkyl halides is 2. The molecule has 1 aromatic carbocycles. The van der Waals surface area contributed by atoms with E-state index in [1.165, 1.54) is 0 Å². The Bertz CT molecular complexity index is 474. The molecule has 3 nitrogen and oxygen atoms in total. The molecule has 2 N–H and O–H groups in total. The predicted molar refractivity (Wildman–Crippen MR) is 73.2 cm³/mol. The van der Waals surface area contributed by atoms with Gasteiger partial charge in [-0.2, -0.15) is 8.78 Å². The fourth-order valence-corrected chi connectivity index (χ4v) is 1.98. The number of anilines is 1. The third-order valence-corrected chi connectivity index (χ3v) is 3.02. The van der Waals surface area contributed by atoms with Gasteiger partial charge in [-0.1, -0.05) is 29.8 Å². The molecule has 0 aliphatic rings. The van der Waals surface area contributed by atoms with Crippen LogP contribution in [0.5, 0.6) is 0 Å². The zero-order valence-corrected chi connectivity index (χ0v) is 11.1. The van der Waals surface area contributed by atoms with Gasteiger partial charge in [0.1, 0.15) is 6.04 Å². The second-order valence-electron chi connectivity index (χ2n) is 3.66. The molecule has 0 aliphatic carbocycles. The molecule has 0 saturated heterocycles. The fraction of sp³-hybridized carbons (Fsp3) is 0.308. The van der Waals surface area contributed by atoms with Crippen LogP contribution in [0.3, 0.4) is 0 Å². The molecular formula is C13H14F2N2OS. The van der Waals surface area contributed by atoms with E-state index in [0.717, 1.165) is 0 Å². The number of benzene rings is 1. The highest BCUT2D eigenvalue weighted by Gasteiger charge is 2.15. The summed E-state index contributed by atoms with van der Waals surface area (Å²) in [6.07, 6.45) is 5.04. The van der Waals surface area contributed by atoms with Gasteiger partial charge in [-0.25, -0.2) is 0 Å². The Balaban J connectivity index is 2.71. The standard InChI is InChI=1S/C13H14F2N2OS/c1-3-8-16-12(18)9(2)17-10-6-4-5-7-11(10)19-13(14)15/h1,4-7,9,13,17H,8H2,2H3,(H,16,18). The first-order valence-electron chi connectivity index (χ1n) is 5.56. The van der Waals surface area contributed by atoms with Gasteiger partial charge in [-0.3, -0.25) is 4.79 Å². The molecule has 19 heavy (non-hydrogen) atoms. The highest BCUT2D eigenvalue weighted by atomic mass is 32.2. The van der Waals surface area contributed by atoms with Gasteiger partial charge in [-0.05, 0) is 19.1 Å². The number of carbonyl (C=O) groups excluding carboxylic acids is 1. The van der Waals surface area contributed by atoms with E-state index < -0.39 is 11.8 Å². The molecule has 0 bridgehead atoms. The van der Waals surface area contributed by atoms with Crippen LogP contribution in [0, 0.1) is 12.3 Å². The van der Waals surface area contributed by atoms with Gasteiger partial charge in [0.05, 0.1) is 6.54 Å². The lowest BCUT2D eigenvalue weighted by molar-refractivity contribution is -0.121. The molecule has 6 heteroatoms. The number of terminal acetylenes is 1. The van der Waals surface area contributed by atoms with Gasteiger partial charge in [0, 0.05) is 10.6 Å². The molecule has 1 rings (SSSR count). The van der Waals surface area contributed by atoms with Crippen LogP contribution in [0.15, 0.2) is 29.2 Å². The first-order chi connectivity index (χ1) is 9.04. The molecule has 0 fully saturated rings. The summed E-state index contributed by atoms with van der Waals surface area (Å²) in [5.41, 5.74) is 0.496. The summed E-state index contributed by atoms with van der Waals surface area (Å²) in [5, 5.41) is 5.41. The van der Waals surface area contributed by atoms with Crippen molar-refractivity contribution in [3.63, 3.8) is 0 Å². The normalized spacial score (nSPS) is 11.7. The van der Waals surface area contributed by atoms with Crippen molar-refractivity contribution in [3.05, 3.63) is 24.3 Å². The summed E-state index contributed by atoms with van der Waals surface area (Å²) in [7, 11) is 0. The Hall–Kier alpha value is -1.74. The zero-order chi connectivity index (χ0) is 14.3. The van der Waals surface area contributed by atoms with Gasteiger partial charge in [0.2, 0.25) is 5.91 Å². The molecule has 1 atom stereocenters. The van der Waals surface area contributed by atoms with Gasteiger partial charge in [-0.15, -0.1) is 6.42 Å². The summed E-state index contributed by atoms with van der Waals surface area (Å²) in [6.45, 7) is 1.77. The van der Waals surface area contributed by atoms with E-state index in [2.05, 4.69) is 16.6 Å². The molecule has 0 radical (unpaired) electrons. The van der Waals surface area contributed by atoms with Gasteiger partial charge in [0.15, 0.2) is 0 Å². The average Bonchev–Trinajstić information content (AvgIpc) is 2.37. The van der Waals surface area contributed by atoms with E-state index in [-0.39, 0.29) is 12.5 Å². The monoisotopic (exact) mass is 284 g/mol. The fourth-order valence-electron chi connectivity index (χ4n) is 1.37. The Labute approximate surface area is 115 Å². The minimum Gasteiger partial charge on any atom is -0.373 e. The van der Waals surface area contributed by atoms with Crippen LogP contribution in [0.4, 0.5) is 14.5 Å². The minimum atomic E-state index is -2.51. The zero-order valence-electron chi connectivity index (χ0n) is 10.3. The first-order valence-corrected chi connectivity index (χ1v) is 6.44. The van der Waals surface area contributed by atoms with Crippen molar-refractivity contribution in [2.75, 3.05) is 11.9 Å². The van der Waals surface area contributed by atoms with E-state index in [1.54, 1.807) is 31.2 Å². The smallest absolute Gasteiger partial charge is 0.288 e. The van der Waals surface area contributed by atoms with Crippen LogP contribution in [0.25, 0.3) is 0 Å². The molecule has 102 valence electrons. The number of carbonyl (C=O) groups is 1. The highest BCUT2D eigenvalue weighted by Crippen LogP contribution is 2.31. The molecule has 0 spiro atoms. The third kappa shape index (κ3) is 5.18. The van der Waals surface area contributed by atoms with Crippen molar-refractivity contribution in [1.82, 2.24) is 5.32 Å². The number of halogens is 2. The lowest BCUT2D eigenvalue weighted by Crippen LogP contribution is -2.37. The molecule has 1 aromatic rings. The van der Waals surface area contributed by atoms with E-state index in [9.17, 15) is 13.6 Å². The van der Waals surface area contributed by atoms with Crippen LogP contribution in [0.1, 0.15) is 6.92 Å². The number of thioether (sulfide) groups is 1. The van der Waals surface area contributed by atoms with E-state index >= 15 is 0 Å². The summed E-state index contributed by atoms with van der Waals surface area (Å²) in [6, 6.07) is 6.04. The average molecular weight is 284 g/mol. The van der Waals surface area contributed by atoms with Crippen molar-refractivity contribution in [2.45, 2.75) is 23.6 Å². The predicted octanol–water partition coefficient (Wildman–Crippen LogP) is 2.55. The van der Waals surface area contributed by atoms with Crippen molar-refractivity contribution < 1.29 is 13.6 Å². The Morgan fingerprint density at radius 3 is 2.79 bits per heavy atom. The maximum Gasteiger partial charge on any atom is 0.288 e. The summed E-state index contributed by atoms with van der Waals surface area (Å²) in [4.78, 5) is 12.0. The molecule has 0 aliphatic heterocycles. The van der Waals surface area contributed by atoms with Crippen molar-refractivity contribution in [2.24, 2.45) is 0 Å². The SMILES string of the molecule is C#CCNC(=O)C(C)Nc1ccccc1SC(F)F. The molecule has 1 amide bonds. The van der Waals surface area contributed by atoms with Crippen LogP contribution < -0.4 is 10.6 Å². The third-order valence-electron chi connectivity index (χ3n) is 2.23. The Morgan fingerprint density at radius 1 is 1.47 bits per heavy atom. The Kier molecular flexibility index (Phi) is 6.16. The first kappa shape index (κ1) is 15.3. The summed E-state index contributed by atoms with van der Waals surface area (Å²) in [5.74, 6) is -0.497. The lowest BCUT2D eigenvalue weighted by Gasteiger charge is -2.16. The number of hydrogen-bond donors (Lipinski definition) is 2. The Morgan fingerprint density at radius 2 is 2.16 bits per heavy atom. The molecule has 0 aromatic heterocycles. The van der Waals surface area contributed by atoms with Crippen molar-refractivity contribution >= 4 is 23.4 Å². The largest absolute Gasteiger partial charge is 0.373 e. The topological polar surface area (TPSA) is 41.1 Å². The molecule has 0 heterocycles. The quantitative estimate of drug-likeness (QED) is 0.623. The van der Waals surface area contributed by atoms with Crippen LogP contribution in [-0.4, -0.2) is 24.3 Å². The summed E-state index contributed by atoms with van der Waals surface area (Å²) >= 11 is 0.437. The second-order valence-corrected chi connectivity index (χ2v) is 4.69. The van der Waals surface area contributed by atoms with E-state index in [4.69, 9.17) is 6.42 Å². The summed E-state index contributed by atoms with van der Waals surface area (Å²) < 4.78 is 24.8. The van der Waals surface area contributed by atoms with Crippen molar-refractivity contribution in [1.29, 1.82) is 0 Å². The number of para-hydroxylation sites is 1. The van der Waals surface area contributed by atoms with E-state index in [1.807, 2.05) is 0 Å². The molecule has 0 saturated carbocycles. The number of nitrogens with one attached hydrogen (secondary N) is 2.